The monoisotopic (exact) mass is 180 g/mol. The molecule has 3 heteroatoms. The Kier molecular flexibility index (Phi) is 1.87. The maximum atomic E-state index is 10.7. The summed E-state index contributed by atoms with van der Waals surface area (Å²) in [6, 6.07) is 1.88. The Balaban J connectivity index is 2.20. The van der Waals surface area contributed by atoms with E-state index in [0.717, 1.165) is 24.8 Å². The summed E-state index contributed by atoms with van der Waals surface area (Å²) in [5.74, 6) is -0.721. The van der Waals surface area contributed by atoms with Gasteiger partial charge in [0.2, 0.25) is 0 Å². The molecule has 0 aromatic carbocycles. The molecule has 1 N–H and O–H groups in total. The van der Waals surface area contributed by atoms with Gasteiger partial charge in [0, 0.05) is 5.41 Å². The van der Waals surface area contributed by atoms with Gasteiger partial charge in [-0.1, -0.05) is 6.42 Å². The zero-order valence-corrected chi connectivity index (χ0v) is 7.32. The van der Waals surface area contributed by atoms with Crippen molar-refractivity contribution in [2.24, 2.45) is 0 Å². The molecule has 1 aromatic heterocycles. The molecule has 1 fully saturated rings. The van der Waals surface area contributed by atoms with Gasteiger partial charge in [-0.15, -0.1) is 0 Å². The number of hydrogen-bond acceptors (Lipinski definition) is 2. The van der Waals surface area contributed by atoms with E-state index in [9.17, 15) is 4.79 Å². The van der Waals surface area contributed by atoms with Crippen molar-refractivity contribution in [1.29, 1.82) is 0 Å². The zero-order valence-electron chi connectivity index (χ0n) is 7.32. The lowest BCUT2D eigenvalue weighted by molar-refractivity contribution is -0.139. The molecule has 0 unspecified atom stereocenters. The Bertz CT molecular complexity index is 296. The minimum absolute atomic E-state index is 0.126. The van der Waals surface area contributed by atoms with Crippen LogP contribution in [-0.4, -0.2) is 11.1 Å². The SMILES string of the molecule is O=C(O)CC1(c2ccoc2)CCC1. The van der Waals surface area contributed by atoms with Gasteiger partial charge in [-0.25, -0.2) is 0 Å². The fourth-order valence-electron chi connectivity index (χ4n) is 2.03. The summed E-state index contributed by atoms with van der Waals surface area (Å²) >= 11 is 0. The summed E-state index contributed by atoms with van der Waals surface area (Å²) in [5.41, 5.74) is 0.917. The van der Waals surface area contributed by atoms with Gasteiger partial charge in [0.1, 0.15) is 0 Å². The molecule has 0 atom stereocenters. The van der Waals surface area contributed by atoms with E-state index in [-0.39, 0.29) is 11.8 Å². The highest BCUT2D eigenvalue weighted by Gasteiger charge is 2.41. The van der Waals surface area contributed by atoms with Crippen LogP contribution in [0.3, 0.4) is 0 Å². The summed E-state index contributed by atoms with van der Waals surface area (Å²) in [6.45, 7) is 0. The van der Waals surface area contributed by atoms with Gasteiger partial charge >= 0.3 is 5.97 Å². The van der Waals surface area contributed by atoms with Crippen LogP contribution >= 0.6 is 0 Å². The second-order valence-electron chi connectivity index (χ2n) is 3.72. The molecule has 1 heterocycles. The molecule has 0 radical (unpaired) electrons. The Morgan fingerprint density at radius 2 is 2.38 bits per heavy atom. The van der Waals surface area contributed by atoms with E-state index in [2.05, 4.69) is 0 Å². The second-order valence-corrected chi connectivity index (χ2v) is 3.72. The lowest BCUT2D eigenvalue weighted by atomic mass is 9.63. The molecule has 13 heavy (non-hydrogen) atoms. The average Bonchev–Trinajstić information content (AvgIpc) is 2.48. The third kappa shape index (κ3) is 1.34. The molecular weight excluding hydrogens is 168 g/mol. The first-order chi connectivity index (χ1) is 6.23. The molecule has 0 spiro atoms. The van der Waals surface area contributed by atoms with Crippen LogP contribution in [0.2, 0.25) is 0 Å². The average molecular weight is 180 g/mol. The first kappa shape index (κ1) is 8.35. The van der Waals surface area contributed by atoms with E-state index >= 15 is 0 Å². The predicted molar refractivity (Wildman–Crippen MR) is 46.5 cm³/mol. The molecule has 0 bridgehead atoms. The molecule has 1 saturated carbocycles. The number of rotatable bonds is 3. The van der Waals surface area contributed by atoms with Crippen molar-refractivity contribution in [3.63, 3.8) is 0 Å². The van der Waals surface area contributed by atoms with Crippen molar-refractivity contribution < 1.29 is 14.3 Å². The van der Waals surface area contributed by atoms with E-state index in [0.29, 0.717) is 0 Å². The summed E-state index contributed by atoms with van der Waals surface area (Å²) in [7, 11) is 0. The highest BCUT2D eigenvalue weighted by molar-refractivity contribution is 5.69. The zero-order chi connectivity index (χ0) is 9.31. The lowest BCUT2D eigenvalue weighted by Gasteiger charge is -2.40. The lowest BCUT2D eigenvalue weighted by Crippen LogP contribution is -2.36. The van der Waals surface area contributed by atoms with Crippen LogP contribution in [0, 0.1) is 0 Å². The van der Waals surface area contributed by atoms with Crippen molar-refractivity contribution in [2.75, 3.05) is 0 Å². The van der Waals surface area contributed by atoms with Gasteiger partial charge in [-0.2, -0.15) is 0 Å². The van der Waals surface area contributed by atoms with Crippen LogP contribution in [0.5, 0.6) is 0 Å². The molecule has 3 nitrogen and oxygen atoms in total. The predicted octanol–water partition coefficient (Wildman–Crippen LogP) is 2.18. The summed E-state index contributed by atoms with van der Waals surface area (Å²) in [5, 5.41) is 8.78. The Hall–Kier alpha value is -1.25. The maximum Gasteiger partial charge on any atom is 0.304 e. The van der Waals surface area contributed by atoms with Gasteiger partial charge < -0.3 is 9.52 Å². The third-order valence-electron chi connectivity index (χ3n) is 2.93. The van der Waals surface area contributed by atoms with E-state index in [1.54, 1.807) is 12.5 Å². The first-order valence-electron chi connectivity index (χ1n) is 4.47. The molecule has 1 aliphatic rings. The Labute approximate surface area is 76.4 Å². The van der Waals surface area contributed by atoms with Gasteiger partial charge in [0.05, 0.1) is 18.9 Å². The minimum atomic E-state index is -0.721. The highest BCUT2D eigenvalue weighted by atomic mass is 16.4. The Morgan fingerprint density at radius 1 is 1.62 bits per heavy atom. The van der Waals surface area contributed by atoms with E-state index in [1.165, 1.54) is 0 Å². The third-order valence-corrected chi connectivity index (χ3v) is 2.93. The highest BCUT2D eigenvalue weighted by Crippen LogP contribution is 2.46. The molecule has 0 aliphatic heterocycles. The summed E-state index contributed by atoms with van der Waals surface area (Å²) < 4.78 is 4.99. The molecule has 1 aliphatic carbocycles. The number of carboxylic acids is 1. The van der Waals surface area contributed by atoms with Crippen LogP contribution in [-0.2, 0) is 10.2 Å². The van der Waals surface area contributed by atoms with E-state index < -0.39 is 5.97 Å². The van der Waals surface area contributed by atoms with Crippen molar-refractivity contribution >= 4 is 5.97 Å². The van der Waals surface area contributed by atoms with Gasteiger partial charge in [-0.3, -0.25) is 4.79 Å². The number of carbonyl (C=O) groups is 1. The molecule has 1 aromatic rings. The number of furan rings is 1. The molecule has 0 saturated heterocycles. The van der Waals surface area contributed by atoms with E-state index in [4.69, 9.17) is 9.52 Å². The minimum Gasteiger partial charge on any atom is -0.481 e. The Morgan fingerprint density at radius 3 is 2.77 bits per heavy atom. The normalized spacial score (nSPS) is 19.4. The molecule has 0 amide bonds. The standard InChI is InChI=1S/C10H12O3/c11-9(12)6-10(3-1-4-10)8-2-5-13-7-8/h2,5,7H,1,3-4,6H2,(H,11,12). The smallest absolute Gasteiger partial charge is 0.304 e. The van der Waals surface area contributed by atoms with Crippen LogP contribution in [0.1, 0.15) is 31.2 Å². The van der Waals surface area contributed by atoms with Crippen LogP contribution in [0.25, 0.3) is 0 Å². The van der Waals surface area contributed by atoms with Gasteiger partial charge in [-0.05, 0) is 24.5 Å². The maximum absolute atomic E-state index is 10.7. The summed E-state index contributed by atoms with van der Waals surface area (Å²) in [6.07, 6.45) is 6.57. The fraction of sp³-hybridized carbons (Fsp3) is 0.500. The first-order valence-corrected chi connectivity index (χ1v) is 4.47. The van der Waals surface area contributed by atoms with Gasteiger partial charge in [0.25, 0.3) is 0 Å². The number of hydrogen-bond donors (Lipinski definition) is 1. The largest absolute Gasteiger partial charge is 0.481 e. The molecule has 2 rings (SSSR count). The second kappa shape index (κ2) is 2.91. The van der Waals surface area contributed by atoms with Crippen LogP contribution < -0.4 is 0 Å². The van der Waals surface area contributed by atoms with Crippen molar-refractivity contribution in [2.45, 2.75) is 31.1 Å². The van der Waals surface area contributed by atoms with Crippen LogP contribution in [0.15, 0.2) is 23.0 Å². The quantitative estimate of drug-likeness (QED) is 0.775. The van der Waals surface area contributed by atoms with E-state index in [1.807, 2.05) is 6.07 Å². The molecule has 70 valence electrons. The topological polar surface area (TPSA) is 50.4 Å². The number of aliphatic carboxylic acids is 1. The van der Waals surface area contributed by atoms with Crippen LogP contribution in [0.4, 0.5) is 0 Å². The molecular formula is C10H12O3. The van der Waals surface area contributed by atoms with Gasteiger partial charge in [0.15, 0.2) is 0 Å². The summed E-state index contributed by atoms with van der Waals surface area (Å²) in [4.78, 5) is 10.7. The van der Waals surface area contributed by atoms with Crippen molar-refractivity contribution in [1.82, 2.24) is 0 Å². The van der Waals surface area contributed by atoms with Crippen molar-refractivity contribution in [3.05, 3.63) is 24.2 Å². The fourth-order valence-corrected chi connectivity index (χ4v) is 2.03. The van der Waals surface area contributed by atoms with Crippen molar-refractivity contribution in [3.8, 4) is 0 Å². The number of carboxylic acid groups (broad SMARTS) is 1.